The zero-order chi connectivity index (χ0) is 31.4. The quantitative estimate of drug-likeness (QED) is 0.388. The molecule has 2 aliphatic heterocycles. The van der Waals surface area contributed by atoms with Gasteiger partial charge in [0.1, 0.15) is 24.0 Å². The third-order valence-corrected chi connectivity index (χ3v) is 9.66. The monoisotopic (exact) mass is 646 g/mol. The maximum absolute atomic E-state index is 13.6. The molecule has 1 aliphatic carbocycles. The molecule has 13 nitrogen and oxygen atoms in total. The third kappa shape index (κ3) is 8.06. The van der Waals surface area contributed by atoms with Crippen molar-refractivity contribution >= 4 is 41.1 Å². The number of hydrogen-bond acceptors (Lipinski definition) is 13. The van der Waals surface area contributed by atoms with Crippen molar-refractivity contribution in [2.75, 3.05) is 29.6 Å². The number of aliphatic hydroxyl groups excluding tert-OH is 1. The van der Waals surface area contributed by atoms with Gasteiger partial charge in [-0.3, -0.25) is 9.13 Å². The van der Waals surface area contributed by atoms with Gasteiger partial charge in [0.25, 0.3) is 0 Å². The minimum Gasteiger partial charge on any atom is -0.459 e. The minimum atomic E-state index is -0.840. The molecule has 0 radical (unpaired) electrons. The van der Waals surface area contributed by atoms with Gasteiger partial charge in [0.05, 0.1) is 19.0 Å². The predicted molar refractivity (Wildman–Crippen MR) is 157 cm³/mol. The number of aliphatic hydroxyl groups is 1. The zero-order valence-electron chi connectivity index (χ0n) is 23.9. The maximum Gasteiger partial charge on any atom is 0.351 e. The van der Waals surface area contributed by atoms with Crippen LogP contribution in [0.25, 0.3) is 0 Å². The number of thioether (sulfide) groups is 2. The molecule has 0 amide bonds. The summed E-state index contributed by atoms with van der Waals surface area (Å²) < 4.78 is 45.6. The molecule has 0 spiro atoms. The number of rotatable bonds is 6. The summed E-state index contributed by atoms with van der Waals surface area (Å²) in [7, 11) is 0. The Morgan fingerprint density at radius 3 is 2.14 bits per heavy atom. The lowest BCUT2D eigenvalue weighted by Gasteiger charge is -2.37. The van der Waals surface area contributed by atoms with E-state index in [4.69, 9.17) is 30.8 Å². The molecule has 5 rings (SSSR count). The van der Waals surface area contributed by atoms with Crippen LogP contribution in [0.1, 0.15) is 52.5 Å². The average molecular weight is 647 g/mol. The van der Waals surface area contributed by atoms with Crippen LogP contribution in [0.5, 0.6) is 0 Å². The molecular weight excluding hydrogens is 610 g/mol. The lowest BCUT2D eigenvalue weighted by molar-refractivity contribution is -0.166. The smallest absolute Gasteiger partial charge is 0.351 e. The first-order chi connectivity index (χ1) is 20.4. The number of anilines is 2. The minimum absolute atomic E-state index is 0.122. The number of nitrogens with zero attached hydrogens (tertiary/aromatic N) is 4. The summed E-state index contributed by atoms with van der Waals surface area (Å²) in [5.74, 6) is -0.821. The molecule has 3 aliphatic rings. The molecule has 17 heteroatoms. The molecule has 0 aromatic carbocycles. The van der Waals surface area contributed by atoms with Crippen molar-refractivity contribution in [2.24, 2.45) is 17.8 Å². The number of carbonyl (C=O) groups is 1. The molecule has 0 unspecified atom stereocenters. The van der Waals surface area contributed by atoms with E-state index in [1.54, 1.807) is 0 Å². The normalized spacial score (nSPS) is 28.9. The highest BCUT2D eigenvalue weighted by Gasteiger charge is 2.39. The number of nitrogen functional groups attached to an aromatic ring is 2. The second-order valence-corrected chi connectivity index (χ2v) is 13.2. The van der Waals surface area contributed by atoms with Crippen molar-refractivity contribution < 1.29 is 32.9 Å². The first-order valence-electron chi connectivity index (χ1n) is 13.8. The van der Waals surface area contributed by atoms with Gasteiger partial charge in [-0.05, 0) is 30.6 Å². The van der Waals surface area contributed by atoms with Crippen LogP contribution >= 0.6 is 23.5 Å². The van der Waals surface area contributed by atoms with Gasteiger partial charge in [0.15, 0.2) is 23.3 Å². The standard InChI is InChI=1S/C18H26FN3O4S.C8H10FN3O3S/c1-9(2)11-5-4-10(3)6-13(11)25-16(23)17-26-14(8-27-17)22-7-12(19)15(20)21-18(22)24;9-4-1-12(8(14)11-7(4)10)5-3-16-6(2-13)15-5/h7,9-11,13-14,17H,4-6,8H2,1-3H3,(H2,20,21,24);1,5-6,13H,2-3H2,(H2,10,11,14)/t10-,11+,13-,14+,17+;5-,6-/m10/s1. The summed E-state index contributed by atoms with van der Waals surface area (Å²) in [5, 5.41) is 8.86. The Kier molecular flexibility index (Phi) is 11.1. The van der Waals surface area contributed by atoms with Crippen molar-refractivity contribution in [3.05, 3.63) is 45.0 Å². The summed E-state index contributed by atoms with van der Waals surface area (Å²) in [4.78, 5) is 42.7. The highest BCUT2D eigenvalue weighted by atomic mass is 32.2. The van der Waals surface area contributed by atoms with E-state index in [1.807, 2.05) is 0 Å². The molecule has 3 fully saturated rings. The number of carbonyl (C=O) groups excluding carboxylic acids is 1. The second-order valence-electron chi connectivity index (χ2n) is 10.9. The Morgan fingerprint density at radius 2 is 1.60 bits per heavy atom. The predicted octanol–water partition coefficient (Wildman–Crippen LogP) is 2.10. The number of halogens is 2. The molecule has 238 valence electrons. The van der Waals surface area contributed by atoms with Gasteiger partial charge in [-0.25, -0.2) is 23.2 Å². The van der Waals surface area contributed by atoms with E-state index in [0.717, 1.165) is 40.8 Å². The number of hydrogen-bond donors (Lipinski definition) is 3. The van der Waals surface area contributed by atoms with E-state index in [2.05, 4.69) is 30.7 Å². The van der Waals surface area contributed by atoms with E-state index < -0.39 is 63.9 Å². The SMILES string of the molecule is CC(C)[C@@H]1CC[C@@H](C)C[C@H]1OC(=O)[C@H]1O[C@H](n2cc(F)c(N)nc2=O)CS1.Nc1nc(=O)n([C@@H]2CS[C@@H](CO)O2)cc1F. The molecule has 2 aromatic heterocycles. The lowest BCUT2D eigenvalue weighted by Crippen LogP contribution is -2.38. The van der Waals surface area contributed by atoms with Crippen LogP contribution in [0.15, 0.2) is 22.0 Å². The third-order valence-electron chi connectivity index (χ3n) is 7.46. The summed E-state index contributed by atoms with van der Waals surface area (Å²) >= 11 is 2.58. The van der Waals surface area contributed by atoms with Crippen LogP contribution in [-0.2, 0) is 19.0 Å². The van der Waals surface area contributed by atoms with Gasteiger partial charge >= 0.3 is 17.3 Å². The van der Waals surface area contributed by atoms with E-state index in [9.17, 15) is 23.2 Å². The van der Waals surface area contributed by atoms with Gasteiger partial charge in [-0.15, -0.1) is 23.5 Å². The van der Waals surface area contributed by atoms with Gasteiger partial charge in [-0.2, -0.15) is 9.97 Å². The van der Waals surface area contributed by atoms with Crippen molar-refractivity contribution in [2.45, 2.75) is 69.5 Å². The van der Waals surface area contributed by atoms with E-state index in [0.29, 0.717) is 29.3 Å². The molecule has 0 bridgehead atoms. The fourth-order valence-corrected chi connectivity index (χ4v) is 7.04. The van der Waals surface area contributed by atoms with E-state index in [-0.39, 0.29) is 12.7 Å². The van der Waals surface area contributed by atoms with Gasteiger partial charge < -0.3 is 30.8 Å². The Balaban J connectivity index is 0.000000225. The van der Waals surface area contributed by atoms with Crippen molar-refractivity contribution in [1.82, 2.24) is 19.1 Å². The second kappa shape index (κ2) is 14.4. The number of esters is 1. The lowest BCUT2D eigenvalue weighted by atomic mass is 9.75. The van der Waals surface area contributed by atoms with E-state index >= 15 is 0 Å². The molecule has 43 heavy (non-hydrogen) atoms. The van der Waals surface area contributed by atoms with Crippen molar-refractivity contribution in [3.63, 3.8) is 0 Å². The molecule has 2 saturated heterocycles. The van der Waals surface area contributed by atoms with Crippen molar-refractivity contribution in [1.29, 1.82) is 0 Å². The highest BCUT2D eigenvalue weighted by molar-refractivity contribution is 8.00. The molecule has 1 saturated carbocycles. The molecule has 5 N–H and O–H groups in total. The van der Waals surface area contributed by atoms with Crippen LogP contribution in [0.4, 0.5) is 20.4 Å². The first kappa shape index (κ1) is 33.2. The number of ether oxygens (including phenoxy) is 3. The summed E-state index contributed by atoms with van der Waals surface area (Å²) in [6.07, 6.45) is 3.45. The molecule has 7 atom stereocenters. The van der Waals surface area contributed by atoms with Crippen LogP contribution in [-0.4, -0.2) is 65.3 Å². The Hall–Kier alpha value is -2.73. The van der Waals surface area contributed by atoms with Crippen LogP contribution in [0, 0.1) is 29.4 Å². The topological polar surface area (TPSA) is 187 Å². The summed E-state index contributed by atoms with van der Waals surface area (Å²) in [5.41, 5.74) is 7.84. The van der Waals surface area contributed by atoms with Crippen LogP contribution < -0.4 is 22.8 Å². The van der Waals surface area contributed by atoms with Crippen LogP contribution in [0.2, 0.25) is 0 Å². The zero-order valence-corrected chi connectivity index (χ0v) is 25.6. The Morgan fingerprint density at radius 1 is 1.05 bits per heavy atom. The van der Waals surface area contributed by atoms with E-state index in [1.165, 1.54) is 23.5 Å². The van der Waals surface area contributed by atoms with Gasteiger partial charge in [0.2, 0.25) is 5.44 Å². The van der Waals surface area contributed by atoms with Crippen LogP contribution in [0.3, 0.4) is 0 Å². The van der Waals surface area contributed by atoms with Gasteiger partial charge in [-0.1, -0.05) is 27.2 Å². The number of aromatic nitrogens is 4. The Labute approximate surface area is 254 Å². The van der Waals surface area contributed by atoms with Gasteiger partial charge in [0, 0.05) is 11.5 Å². The Bertz CT molecular complexity index is 1410. The fourth-order valence-electron chi connectivity index (χ4n) is 5.13. The van der Waals surface area contributed by atoms with Crippen molar-refractivity contribution in [3.8, 4) is 0 Å². The highest BCUT2D eigenvalue weighted by Crippen LogP contribution is 2.38. The number of nitrogens with two attached hydrogens (primary N) is 2. The summed E-state index contributed by atoms with van der Waals surface area (Å²) in [6, 6.07) is 0. The average Bonchev–Trinajstić information content (AvgIpc) is 3.63. The largest absolute Gasteiger partial charge is 0.459 e. The molecule has 2 aromatic rings. The molecular formula is C26H36F2N6O7S2. The maximum atomic E-state index is 13.6. The molecule has 4 heterocycles. The summed E-state index contributed by atoms with van der Waals surface area (Å²) in [6.45, 7) is 6.31. The first-order valence-corrected chi connectivity index (χ1v) is 15.9. The fraction of sp³-hybridized carbons (Fsp3) is 0.654.